The van der Waals surface area contributed by atoms with Crippen molar-refractivity contribution in [1.29, 1.82) is 0 Å². The Bertz CT molecular complexity index is 610. The summed E-state index contributed by atoms with van der Waals surface area (Å²) in [6.45, 7) is 6.54. The van der Waals surface area contributed by atoms with Crippen LogP contribution in [0.2, 0.25) is 0 Å². The Morgan fingerprint density at radius 2 is 2.00 bits per heavy atom. The van der Waals surface area contributed by atoms with E-state index in [1.807, 2.05) is 33.6 Å². The number of hydrogen-bond acceptors (Lipinski definition) is 3. The molecule has 132 valence electrons. The van der Waals surface area contributed by atoms with E-state index in [0.717, 1.165) is 30.4 Å². The molecule has 3 heterocycles. The minimum Gasteiger partial charge on any atom is -0.378 e. The van der Waals surface area contributed by atoms with Gasteiger partial charge in [0, 0.05) is 43.4 Å². The lowest BCUT2D eigenvalue weighted by Crippen LogP contribution is -2.49. The summed E-state index contributed by atoms with van der Waals surface area (Å²) < 4.78 is 8.17. The first-order chi connectivity index (χ1) is 11.6. The van der Waals surface area contributed by atoms with Crippen LogP contribution in [0.5, 0.6) is 0 Å². The highest BCUT2D eigenvalue weighted by Gasteiger charge is 2.32. The lowest BCUT2D eigenvalue weighted by Gasteiger charge is -2.36. The Morgan fingerprint density at radius 3 is 2.71 bits per heavy atom. The predicted molar refractivity (Wildman–Crippen MR) is 93.8 cm³/mol. The topological polar surface area (TPSA) is 54.8 Å². The van der Waals surface area contributed by atoms with Crippen LogP contribution in [-0.2, 0) is 16.1 Å². The van der Waals surface area contributed by atoms with Crippen molar-refractivity contribution in [2.24, 2.45) is 5.92 Å². The number of carbonyl (C=O) groups is 2. The van der Waals surface area contributed by atoms with Gasteiger partial charge < -0.3 is 19.1 Å². The third-order valence-electron chi connectivity index (χ3n) is 4.80. The monoisotopic (exact) mass is 397 g/mol. The fraction of sp³-hybridized carbons (Fsp3) is 0.647. The molecule has 1 aromatic rings. The molecule has 1 atom stereocenters. The fourth-order valence-electron chi connectivity index (χ4n) is 3.48. The maximum absolute atomic E-state index is 12.9. The molecule has 2 fully saturated rings. The number of amides is 2. The molecular weight excluding hydrogens is 374 g/mol. The third kappa shape index (κ3) is 3.67. The number of carbonyl (C=O) groups excluding carboxylic acids is 2. The van der Waals surface area contributed by atoms with Crippen molar-refractivity contribution in [1.82, 2.24) is 14.4 Å². The zero-order valence-corrected chi connectivity index (χ0v) is 15.6. The van der Waals surface area contributed by atoms with Crippen LogP contribution >= 0.6 is 15.9 Å². The predicted octanol–water partition coefficient (Wildman–Crippen LogP) is 1.98. The summed E-state index contributed by atoms with van der Waals surface area (Å²) in [7, 11) is 0. The summed E-state index contributed by atoms with van der Waals surface area (Å²) in [4.78, 5) is 29.3. The summed E-state index contributed by atoms with van der Waals surface area (Å²) in [6, 6.07) is 1.86. The van der Waals surface area contributed by atoms with Gasteiger partial charge in [0.2, 0.25) is 5.91 Å². The molecule has 2 saturated heterocycles. The average Bonchev–Trinajstić information content (AvgIpc) is 3.02. The molecule has 2 amide bonds. The van der Waals surface area contributed by atoms with Crippen molar-refractivity contribution in [2.45, 2.75) is 26.3 Å². The summed E-state index contributed by atoms with van der Waals surface area (Å²) in [5.41, 5.74) is 0.684. The van der Waals surface area contributed by atoms with E-state index in [9.17, 15) is 9.59 Å². The highest BCUT2D eigenvalue weighted by Crippen LogP contribution is 2.23. The minimum atomic E-state index is -0.0886. The second-order valence-corrected chi connectivity index (χ2v) is 7.27. The van der Waals surface area contributed by atoms with Crippen LogP contribution in [-0.4, -0.2) is 65.6 Å². The van der Waals surface area contributed by atoms with Gasteiger partial charge in [-0.25, -0.2) is 0 Å². The molecule has 6 nitrogen and oxygen atoms in total. The first-order valence-corrected chi connectivity index (χ1v) is 9.41. The molecule has 0 N–H and O–H groups in total. The van der Waals surface area contributed by atoms with Gasteiger partial charge in [-0.2, -0.15) is 0 Å². The molecule has 2 aliphatic rings. The van der Waals surface area contributed by atoms with Gasteiger partial charge in [0.05, 0.1) is 19.1 Å². The minimum absolute atomic E-state index is 0.0158. The smallest absolute Gasteiger partial charge is 0.270 e. The molecule has 0 aliphatic carbocycles. The highest BCUT2D eigenvalue weighted by atomic mass is 79.9. The van der Waals surface area contributed by atoms with E-state index in [1.54, 1.807) is 0 Å². The molecular formula is C17H24BrN3O3. The number of hydrogen-bond donors (Lipinski definition) is 0. The number of likely N-dealkylation sites (tertiary alicyclic amines) is 1. The van der Waals surface area contributed by atoms with Crippen molar-refractivity contribution in [3.63, 3.8) is 0 Å². The zero-order chi connectivity index (χ0) is 17.1. The van der Waals surface area contributed by atoms with Gasteiger partial charge >= 0.3 is 0 Å². The molecule has 7 heteroatoms. The number of aromatic nitrogens is 1. The Morgan fingerprint density at radius 1 is 1.25 bits per heavy atom. The molecule has 0 spiro atoms. The first kappa shape index (κ1) is 17.5. The lowest BCUT2D eigenvalue weighted by molar-refractivity contribution is -0.141. The van der Waals surface area contributed by atoms with E-state index in [2.05, 4.69) is 15.9 Å². The van der Waals surface area contributed by atoms with Gasteiger partial charge in [-0.1, -0.05) is 0 Å². The van der Waals surface area contributed by atoms with E-state index in [1.165, 1.54) is 0 Å². The Kier molecular flexibility index (Phi) is 5.61. The Labute approximate surface area is 150 Å². The maximum atomic E-state index is 12.9. The molecule has 0 radical (unpaired) electrons. The largest absolute Gasteiger partial charge is 0.378 e. The summed E-state index contributed by atoms with van der Waals surface area (Å²) >= 11 is 3.44. The van der Waals surface area contributed by atoms with Crippen molar-refractivity contribution >= 4 is 27.7 Å². The van der Waals surface area contributed by atoms with Crippen molar-refractivity contribution in [2.75, 3.05) is 39.4 Å². The molecule has 24 heavy (non-hydrogen) atoms. The molecule has 0 aromatic carbocycles. The second-order valence-electron chi connectivity index (χ2n) is 6.36. The molecule has 1 unspecified atom stereocenters. The van der Waals surface area contributed by atoms with Crippen LogP contribution in [0.3, 0.4) is 0 Å². The Balaban J connectivity index is 1.68. The molecule has 1 aromatic heterocycles. The summed E-state index contributed by atoms with van der Waals surface area (Å²) in [6.07, 6.45) is 3.66. The maximum Gasteiger partial charge on any atom is 0.270 e. The molecule has 3 rings (SSSR count). The van der Waals surface area contributed by atoms with Crippen LogP contribution in [0, 0.1) is 5.92 Å². The summed E-state index contributed by atoms with van der Waals surface area (Å²) in [5, 5.41) is 0. The van der Waals surface area contributed by atoms with Gasteiger partial charge in [-0.05, 0) is 41.8 Å². The van der Waals surface area contributed by atoms with Crippen LogP contribution in [0.4, 0.5) is 0 Å². The Hall–Kier alpha value is -1.34. The second kappa shape index (κ2) is 7.70. The third-order valence-corrected chi connectivity index (χ3v) is 5.24. The standard InChI is InChI=1S/C17H24BrN3O3/c1-2-19-12-14(18)10-15(19)17(23)21-5-3-4-13(11-21)16(22)20-6-8-24-9-7-20/h10,12-13H,2-9,11H2,1H3. The van der Waals surface area contributed by atoms with E-state index in [0.29, 0.717) is 38.5 Å². The number of halogens is 1. The van der Waals surface area contributed by atoms with Crippen molar-refractivity contribution in [3.05, 3.63) is 22.4 Å². The zero-order valence-electron chi connectivity index (χ0n) is 14.0. The van der Waals surface area contributed by atoms with E-state index in [4.69, 9.17) is 4.74 Å². The number of nitrogens with zero attached hydrogens (tertiary/aromatic N) is 3. The molecule has 2 aliphatic heterocycles. The number of morpholine rings is 1. The molecule has 0 bridgehead atoms. The van der Waals surface area contributed by atoms with Crippen molar-refractivity contribution in [3.8, 4) is 0 Å². The van der Waals surface area contributed by atoms with E-state index >= 15 is 0 Å². The van der Waals surface area contributed by atoms with E-state index in [-0.39, 0.29) is 17.7 Å². The molecule has 0 saturated carbocycles. The summed E-state index contributed by atoms with van der Waals surface area (Å²) in [5.74, 6) is 0.0964. The number of rotatable bonds is 3. The number of ether oxygens (including phenoxy) is 1. The van der Waals surface area contributed by atoms with Crippen LogP contribution in [0.25, 0.3) is 0 Å². The highest BCUT2D eigenvalue weighted by molar-refractivity contribution is 9.10. The van der Waals surface area contributed by atoms with Crippen molar-refractivity contribution < 1.29 is 14.3 Å². The fourth-order valence-corrected chi connectivity index (χ4v) is 3.95. The van der Waals surface area contributed by atoms with Gasteiger partial charge in [0.25, 0.3) is 5.91 Å². The first-order valence-electron chi connectivity index (χ1n) is 8.61. The van der Waals surface area contributed by atoms with Crippen LogP contribution in [0.1, 0.15) is 30.3 Å². The quantitative estimate of drug-likeness (QED) is 0.783. The van der Waals surface area contributed by atoms with Crippen LogP contribution < -0.4 is 0 Å². The van der Waals surface area contributed by atoms with Gasteiger partial charge in [0.1, 0.15) is 5.69 Å². The number of piperidine rings is 1. The average molecular weight is 398 g/mol. The van der Waals surface area contributed by atoms with Crippen LogP contribution in [0.15, 0.2) is 16.7 Å². The van der Waals surface area contributed by atoms with Gasteiger partial charge in [-0.15, -0.1) is 0 Å². The number of aryl methyl sites for hydroxylation is 1. The van der Waals surface area contributed by atoms with Gasteiger partial charge in [-0.3, -0.25) is 9.59 Å². The van der Waals surface area contributed by atoms with E-state index < -0.39 is 0 Å². The lowest BCUT2D eigenvalue weighted by atomic mass is 9.96. The van der Waals surface area contributed by atoms with Gasteiger partial charge in [0.15, 0.2) is 0 Å². The SMILES string of the molecule is CCn1cc(Br)cc1C(=O)N1CCCC(C(=O)N2CCOCC2)C1. The normalized spacial score (nSPS) is 21.8.